The van der Waals surface area contributed by atoms with Gasteiger partial charge < -0.3 is 14.6 Å². The second-order valence-electron chi connectivity index (χ2n) is 8.99. The fraction of sp³-hybridized carbons (Fsp3) is 0.545. The zero-order valence-electron chi connectivity index (χ0n) is 15.7. The van der Waals surface area contributed by atoms with Crippen LogP contribution in [0.4, 0.5) is 0 Å². The molecule has 5 heteroatoms. The number of carbonyl (C=O) groups excluding carboxylic acids is 2. The number of aryl methyl sites for hydroxylation is 1. The number of esters is 1. The van der Waals surface area contributed by atoms with Crippen molar-refractivity contribution in [2.45, 2.75) is 44.1 Å². The number of rotatable bonds is 4. The molecule has 0 aliphatic heterocycles. The molecule has 0 spiro atoms. The average Bonchev–Trinajstić information content (AvgIpc) is 2.95. The summed E-state index contributed by atoms with van der Waals surface area (Å²) < 4.78 is 7.27. The summed E-state index contributed by atoms with van der Waals surface area (Å²) in [5.41, 5.74) is 1.44. The van der Waals surface area contributed by atoms with Gasteiger partial charge >= 0.3 is 5.97 Å². The molecule has 5 nitrogen and oxygen atoms in total. The summed E-state index contributed by atoms with van der Waals surface area (Å²) in [6.07, 6.45) is 9.08. The van der Waals surface area contributed by atoms with Gasteiger partial charge in [0.1, 0.15) is 0 Å². The summed E-state index contributed by atoms with van der Waals surface area (Å²) in [7, 11) is 1.90. The van der Waals surface area contributed by atoms with Gasteiger partial charge in [-0.25, -0.2) is 4.79 Å². The first-order valence-electron chi connectivity index (χ1n) is 10.0. The molecule has 4 saturated carbocycles. The minimum absolute atomic E-state index is 0.0440. The maximum Gasteiger partial charge on any atom is 0.340 e. The van der Waals surface area contributed by atoms with E-state index in [2.05, 4.69) is 5.32 Å². The number of hydrogen-bond donors (Lipinski definition) is 1. The molecule has 142 valence electrons. The minimum atomic E-state index is -0.438. The van der Waals surface area contributed by atoms with E-state index in [1.807, 2.05) is 35.9 Å². The maximum atomic E-state index is 12.5. The standard InChI is InChI=1S/C22H26N2O3/c1-24-12-18(17-4-2-3-5-19(17)24)21(26)27-13-20(25)23-22-9-14-6-15(10-22)8-16(7-14)11-22/h2-5,12,14-16H,6-11,13H2,1H3,(H,23,25). The Morgan fingerprint density at radius 3 is 2.41 bits per heavy atom. The van der Waals surface area contributed by atoms with Crippen LogP contribution in [0.2, 0.25) is 0 Å². The monoisotopic (exact) mass is 366 g/mol. The molecule has 4 aliphatic rings. The lowest BCUT2D eigenvalue weighted by Crippen LogP contribution is -2.60. The van der Waals surface area contributed by atoms with E-state index < -0.39 is 5.97 Å². The van der Waals surface area contributed by atoms with Gasteiger partial charge in [0.05, 0.1) is 5.56 Å². The van der Waals surface area contributed by atoms with Crippen LogP contribution in [0, 0.1) is 17.8 Å². The first-order valence-corrected chi connectivity index (χ1v) is 10.0. The Morgan fingerprint density at radius 1 is 1.11 bits per heavy atom. The van der Waals surface area contributed by atoms with Crippen molar-refractivity contribution in [3.8, 4) is 0 Å². The molecule has 1 aromatic heterocycles. The molecule has 4 aliphatic carbocycles. The Labute approximate surface area is 159 Å². The number of carbonyl (C=O) groups is 2. The smallest absolute Gasteiger partial charge is 0.340 e. The van der Waals surface area contributed by atoms with Gasteiger partial charge in [0.2, 0.25) is 0 Å². The fourth-order valence-electron chi connectivity index (χ4n) is 6.31. The second-order valence-corrected chi connectivity index (χ2v) is 8.99. The van der Waals surface area contributed by atoms with E-state index in [0.717, 1.165) is 47.9 Å². The molecular weight excluding hydrogens is 340 g/mol. The number of aromatic nitrogens is 1. The van der Waals surface area contributed by atoms with Crippen LogP contribution in [-0.4, -0.2) is 28.6 Å². The summed E-state index contributed by atoms with van der Waals surface area (Å²) in [6.45, 7) is -0.205. The van der Waals surface area contributed by atoms with Gasteiger partial charge in [0.25, 0.3) is 5.91 Å². The van der Waals surface area contributed by atoms with Crippen LogP contribution in [0.3, 0.4) is 0 Å². The molecule has 4 fully saturated rings. The van der Waals surface area contributed by atoms with Crippen molar-refractivity contribution in [3.63, 3.8) is 0 Å². The van der Waals surface area contributed by atoms with Crippen LogP contribution in [-0.2, 0) is 16.6 Å². The van der Waals surface area contributed by atoms with Crippen molar-refractivity contribution < 1.29 is 14.3 Å². The van der Waals surface area contributed by atoms with E-state index in [9.17, 15) is 9.59 Å². The van der Waals surface area contributed by atoms with Crippen LogP contribution >= 0.6 is 0 Å². The average molecular weight is 366 g/mol. The van der Waals surface area contributed by atoms with Gasteiger partial charge in [-0.3, -0.25) is 4.79 Å². The summed E-state index contributed by atoms with van der Waals surface area (Å²) in [5.74, 6) is 1.72. The molecule has 1 amide bonds. The lowest BCUT2D eigenvalue weighted by molar-refractivity contribution is -0.130. The lowest BCUT2D eigenvalue weighted by Gasteiger charge is -2.56. The second kappa shape index (κ2) is 6.11. The highest BCUT2D eigenvalue weighted by atomic mass is 16.5. The molecule has 27 heavy (non-hydrogen) atoms. The van der Waals surface area contributed by atoms with Crippen LogP contribution < -0.4 is 5.32 Å². The highest BCUT2D eigenvalue weighted by molar-refractivity contribution is 6.04. The molecule has 0 radical (unpaired) electrons. The van der Waals surface area contributed by atoms with Crippen molar-refractivity contribution in [1.82, 2.24) is 9.88 Å². The van der Waals surface area contributed by atoms with Gasteiger partial charge in [-0.1, -0.05) is 18.2 Å². The topological polar surface area (TPSA) is 60.3 Å². The van der Waals surface area contributed by atoms with Crippen LogP contribution in [0.5, 0.6) is 0 Å². The summed E-state index contributed by atoms with van der Waals surface area (Å²) in [6, 6.07) is 7.71. The van der Waals surface area contributed by atoms with Gasteiger partial charge in [0, 0.05) is 29.7 Å². The molecule has 1 N–H and O–H groups in total. The number of nitrogens with one attached hydrogen (secondary N) is 1. The third-order valence-electron chi connectivity index (χ3n) is 6.89. The van der Waals surface area contributed by atoms with Crippen LogP contribution in [0.15, 0.2) is 30.5 Å². The molecule has 1 heterocycles. The predicted octanol–water partition coefficient (Wildman–Crippen LogP) is 3.42. The predicted molar refractivity (Wildman–Crippen MR) is 102 cm³/mol. The Bertz CT molecular complexity index is 878. The number of ether oxygens (including phenoxy) is 1. The summed E-state index contributed by atoms with van der Waals surface area (Å²) in [5, 5.41) is 4.11. The fourth-order valence-corrected chi connectivity index (χ4v) is 6.31. The molecule has 6 rings (SSSR count). The lowest BCUT2D eigenvalue weighted by atomic mass is 9.53. The van der Waals surface area contributed by atoms with E-state index in [0.29, 0.717) is 5.56 Å². The quantitative estimate of drug-likeness (QED) is 0.844. The maximum absolute atomic E-state index is 12.5. The zero-order valence-corrected chi connectivity index (χ0v) is 15.7. The molecule has 0 atom stereocenters. The van der Waals surface area contributed by atoms with E-state index in [1.165, 1.54) is 19.3 Å². The van der Waals surface area contributed by atoms with Crippen LogP contribution in [0.25, 0.3) is 10.9 Å². The van der Waals surface area contributed by atoms with E-state index in [1.54, 1.807) is 6.20 Å². The first kappa shape index (κ1) is 16.8. The first-order chi connectivity index (χ1) is 13.0. The third kappa shape index (κ3) is 2.93. The van der Waals surface area contributed by atoms with Crippen molar-refractivity contribution in [2.24, 2.45) is 24.8 Å². The Hall–Kier alpha value is -2.30. The van der Waals surface area contributed by atoms with Gasteiger partial charge in [-0.2, -0.15) is 0 Å². The number of fused-ring (bicyclic) bond motifs is 1. The highest BCUT2D eigenvalue weighted by Gasteiger charge is 2.51. The summed E-state index contributed by atoms with van der Waals surface area (Å²) in [4.78, 5) is 25.1. The zero-order chi connectivity index (χ0) is 18.6. The molecule has 0 saturated heterocycles. The molecule has 1 aromatic carbocycles. The molecule has 4 bridgehead atoms. The number of amides is 1. The number of para-hydroxylation sites is 1. The minimum Gasteiger partial charge on any atom is -0.452 e. The summed E-state index contributed by atoms with van der Waals surface area (Å²) >= 11 is 0. The highest BCUT2D eigenvalue weighted by Crippen LogP contribution is 2.55. The van der Waals surface area contributed by atoms with E-state index in [-0.39, 0.29) is 18.1 Å². The number of hydrogen-bond acceptors (Lipinski definition) is 3. The van der Waals surface area contributed by atoms with Crippen molar-refractivity contribution in [1.29, 1.82) is 0 Å². The van der Waals surface area contributed by atoms with E-state index in [4.69, 9.17) is 4.74 Å². The molecular formula is C22H26N2O3. The van der Waals surface area contributed by atoms with Gasteiger partial charge in [0.15, 0.2) is 6.61 Å². The normalized spacial score (nSPS) is 31.2. The van der Waals surface area contributed by atoms with Crippen molar-refractivity contribution >= 4 is 22.8 Å². The van der Waals surface area contributed by atoms with Crippen LogP contribution in [0.1, 0.15) is 48.9 Å². The van der Waals surface area contributed by atoms with Crippen molar-refractivity contribution in [3.05, 3.63) is 36.0 Å². The Morgan fingerprint density at radius 2 is 1.74 bits per heavy atom. The SMILES string of the molecule is Cn1cc(C(=O)OCC(=O)NC23CC4CC(CC(C4)C2)C3)c2ccccc21. The Balaban J connectivity index is 1.24. The van der Waals surface area contributed by atoms with E-state index >= 15 is 0 Å². The number of benzene rings is 1. The van der Waals surface area contributed by atoms with Gasteiger partial charge in [-0.05, 0) is 62.3 Å². The van der Waals surface area contributed by atoms with Gasteiger partial charge in [-0.15, -0.1) is 0 Å². The number of nitrogens with zero attached hydrogens (tertiary/aromatic N) is 1. The Kier molecular flexibility index (Phi) is 3.81. The van der Waals surface area contributed by atoms with Crippen molar-refractivity contribution in [2.75, 3.05) is 6.61 Å². The molecule has 0 unspecified atom stereocenters. The largest absolute Gasteiger partial charge is 0.452 e. The third-order valence-corrected chi connectivity index (χ3v) is 6.89. The molecule has 2 aromatic rings.